The maximum Gasteiger partial charge on any atom is 0.233 e. The standard InChI is InChI=1S/C29H45B2NO/c33-29-22-16-10-4-1-2-5-11-17-23(22)30-25-19-13-8-9-14-20-26-28(25)32(29)27-21-15-7-3-6-12-18-24(27)31-26/h22-23,25H,1-21H2. The van der Waals surface area contributed by atoms with Crippen LogP contribution in [-0.2, 0) is 4.79 Å². The molecule has 4 heteroatoms. The highest BCUT2D eigenvalue weighted by atomic mass is 16.2. The third-order valence-electron chi connectivity index (χ3n) is 9.32. The first-order valence-electron chi connectivity index (χ1n) is 14.8. The number of carbonyl (C=O) groups is 1. The number of amides is 1. The Labute approximate surface area is 204 Å². The topological polar surface area (TPSA) is 20.3 Å². The van der Waals surface area contributed by atoms with Gasteiger partial charge in [-0.3, -0.25) is 9.69 Å². The maximum atomic E-state index is 14.6. The van der Waals surface area contributed by atoms with E-state index in [4.69, 9.17) is 0 Å². The van der Waals surface area contributed by atoms with Crippen LogP contribution in [0.15, 0.2) is 22.3 Å². The van der Waals surface area contributed by atoms with Gasteiger partial charge < -0.3 is 0 Å². The van der Waals surface area contributed by atoms with Crippen molar-refractivity contribution in [3.63, 3.8) is 0 Å². The SMILES string of the molecule is O=C1C2CCCCCCCCC2[B]C2CCCCCCC3=C2N1C1=C([B]3)CCCCCCC1. The Balaban J connectivity index is 1.56. The molecule has 2 radical (unpaired) electrons. The molecule has 2 nitrogen and oxygen atoms in total. The summed E-state index contributed by atoms with van der Waals surface area (Å²) >= 11 is 0. The molecule has 3 atom stereocenters. The molecule has 0 aromatic carbocycles. The van der Waals surface area contributed by atoms with E-state index in [2.05, 4.69) is 19.5 Å². The number of fused-ring (bicyclic) bond motifs is 2. The fourth-order valence-corrected chi connectivity index (χ4v) is 7.51. The highest BCUT2D eigenvalue weighted by Gasteiger charge is 2.44. The van der Waals surface area contributed by atoms with Gasteiger partial charge in [0.2, 0.25) is 5.91 Å². The van der Waals surface area contributed by atoms with Crippen LogP contribution < -0.4 is 0 Å². The van der Waals surface area contributed by atoms with E-state index >= 15 is 0 Å². The Hall–Kier alpha value is -0.920. The summed E-state index contributed by atoms with van der Waals surface area (Å²) in [6.45, 7) is 0. The summed E-state index contributed by atoms with van der Waals surface area (Å²) in [6.07, 6.45) is 26.9. The van der Waals surface area contributed by atoms with Crippen molar-refractivity contribution >= 4 is 20.5 Å². The van der Waals surface area contributed by atoms with Gasteiger partial charge in [-0.25, -0.2) is 0 Å². The summed E-state index contributed by atoms with van der Waals surface area (Å²) in [4.78, 5) is 17.0. The van der Waals surface area contributed by atoms with Crippen molar-refractivity contribution in [2.45, 2.75) is 146 Å². The van der Waals surface area contributed by atoms with Gasteiger partial charge in [0.05, 0.1) is 0 Å². The molecule has 0 N–H and O–H groups in total. The number of hydrogen-bond acceptors (Lipinski definition) is 1. The van der Waals surface area contributed by atoms with Crippen LogP contribution in [0.5, 0.6) is 0 Å². The lowest BCUT2D eigenvalue weighted by molar-refractivity contribution is -0.132. The molecule has 2 fully saturated rings. The van der Waals surface area contributed by atoms with E-state index in [-0.39, 0.29) is 5.92 Å². The van der Waals surface area contributed by atoms with Crippen molar-refractivity contribution in [1.82, 2.24) is 4.90 Å². The molecule has 1 amide bonds. The van der Waals surface area contributed by atoms with Crippen LogP contribution in [0.4, 0.5) is 0 Å². The minimum Gasteiger partial charge on any atom is -0.291 e. The Kier molecular flexibility index (Phi) is 8.42. The quantitative estimate of drug-likeness (QED) is 0.345. The summed E-state index contributed by atoms with van der Waals surface area (Å²) in [5.41, 5.74) is 5.94. The molecule has 33 heavy (non-hydrogen) atoms. The van der Waals surface area contributed by atoms with E-state index in [0.717, 1.165) is 12.8 Å². The zero-order valence-electron chi connectivity index (χ0n) is 21.1. The number of hydrogen-bond donors (Lipinski definition) is 0. The maximum absolute atomic E-state index is 14.6. The Bertz CT molecular complexity index is 757. The van der Waals surface area contributed by atoms with E-state index < -0.39 is 0 Å². The van der Waals surface area contributed by atoms with E-state index in [0.29, 0.717) is 17.5 Å². The fraction of sp³-hybridized carbons (Fsp3) is 0.828. The van der Waals surface area contributed by atoms with Crippen LogP contribution >= 0.6 is 0 Å². The molecule has 2 heterocycles. The van der Waals surface area contributed by atoms with E-state index in [1.54, 1.807) is 0 Å². The summed E-state index contributed by atoms with van der Waals surface area (Å²) in [6, 6.07) is 0. The lowest BCUT2D eigenvalue weighted by Gasteiger charge is -2.39. The number of rotatable bonds is 0. The average Bonchev–Trinajstić information content (AvgIpc) is 2.93. The first-order valence-corrected chi connectivity index (χ1v) is 14.8. The predicted molar refractivity (Wildman–Crippen MR) is 140 cm³/mol. The average molecular weight is 445 g/mol. The minimum atomic E-state index is 0.215. The van der Waals surface area contributed by atoms with Gasteiger partial charge in [0.15, 0.2) is 7.28 Å². The van der Waals surface area contributed by atoms with Gasteiger partial charge in [-0.15, -0.1) is 0 Å². The number of allylic oxidation sites excluding steroid dienone is 4. The van der Waals surface area contributed by atoms with Gasteiger partial charge in [0.25, 0.3) is 0 Å². The smallest absolute Gasteiger partial charge is 0.233 e. The van der Waals surface area contributed by atoms with Crippen molar-refractivity contribution in [3.05, 3.63) is 22.3 Å². The van der Waals surface area contributed by atoms with Crippen LogP contribution in [0.3, 0.4) is 0 Å². The second-order valence-electron chi connectivity index (χ2n) is 11.7. The zero-order valence-corrected chi connectivity index (χ0v) is 21.1. The van der Waals surface area contributed by atoms with Crippen LogP contribution in [0.1, 0.15) is 135 Å². The molecule has 178 valence electrons. The molecule has 3 aliphatic carbocycles. The fourth-order valence-electron chi connectivity index (χ4n) is 7.51. The number of carbonyl (C=O) groups excluding carboxylic acids is 1. The molecule has 0 spiro atoms. The van der Waals surface area contributed by atoms with Crippen LogP contribution in [0.2, 0.25) is 11.6 Å². The third kappa shape index (κ3) is 5.51. The van der Waals surface area contributed by atoms with E-state index in [9.17, 15) is 4.79 Å². The normalized spacial score (nSPS) is 32.7. The lowest BCUT2D eigenvalue weighted by Crippen LogP contribution is -2.39. The zero-order chi connectivity index (χ0) is 22.5. The second-order valence-corrected chi connectivity index (χ2v) is 11.7. The molecular formula is C29H45B2NO. The summed E-state index contributed by atoms with van der Waals surface area (Å²) < 4.78 is 0. The Morgan fingerprint density at radius 3 is 1.94 bits per heavy atom. The summed E-state index contributed by atoms with van der Waals surface area (Å²) in [5, 5.41) is 0. The summed E-state index contributed by atoms with van der Waals surface area (Å²) in [7, 11) is 5.31. The van der Waals surface area contributed by atoms with Crippen molar-refractivity contribution in [2.75, 3.05) is 0 Å². The van der Waals surface area contributed by atoms with E-state index in [1.165, 1.54) is 144 Å². The van der Waals surface area contributed by atoms with Crippen LogP contribution in [-0.4, -0.2) is 25.4 Å². The Morgan fingerprint density at radius 1 is 0.606 bits per heavy atom. The van der Waals surface area contributed by atoms with Crippen molar-refractivity contribution in [1.29, 1.82) is 0 Å². The van der Waals surface area contributed by atoms with Gasteiger partial charge in [0, 0.05) is 17.3 Å². The molecule has 1 saturated carbocycles. The monoisotopic (exact) mass is 445 g/mol. The van der Waals surface area contributed by atoms with Gasteiger partial charge >= 0.3 is 0 Å². The van der Waals surface area contributed by atoms with Crippen molar-refractivity contribution < 1.29 is 4.79 Å². The third-order valence-corrected chi connectivity index (χ3v) is 9.32. The number of nitrogens with zero attached hydrogens (tertiary/aromatic N) is 1. The van der Waals surface area contributed by atoms with Crippen molar-refractivity contribution in [2.24, 2.45) is 5.92 Å². The van der Waals surface area contributed by atoms with Gasteiger partial charge in [0.1, 0.15) is 7.28 Å². The van der Waals surface area contributed by atoms with Gasteiger partial charge in [-0.2, -0.15) is 0 Å². The van der Waals surface area contributed by atoms with Crippen LogP contribution in [0.25, 0.3) is 0 Å². The van der Waals surface area contributed by atoms with Crippen LogP contribution in [0, 0.1) is 5.92 Å². The lowest BCUT2D eigenvalue weighted by atomic mass is 9.46. The minimum absolute atomic E-state index is 0.215. The molecule has 1 saturated heterocycles. The Morgan fingerprint density at radius 2 is 1.18 bits per heavy atom. The first-order chi connectivity index (χ1) is 16.3. The molecule has 5 aliphatic rings. The first kappa shape index (κ1) is 23.8. The highest BCUT2D eigenvalue weighted by molar-refractivity contribution is 6.55. The van der Waals surface area contributed by atoms with E-state index in [1.807, 2.05) is 0 Å². The van der Waals surface area contributed by atoms with Gasteiger partial charge in [-0.05, 0) is 37.9 Å². The van der Waals surface area contributed by atoms with Gasteiger partial charge in [-0.1, -0.05) is 119 Å². The largest absolute Gasteiger partial charge is 0.291 e. The molecule has 5 rings (SSSR count). The molecule has 0 bridgehead atoms. The highest BCUT2D eigenvalue weighted by Crippen LogP contribution is 2.49. The molecule has 0 aromatic heterocycles. The van der Waals surface area contributed by atoms with Crippen molar-refractivity contribution in [3.8, 4) is 0 Å². The molecular weight excluding hydrogens is 400 g/mol. The predicted octanol–water partition coefficient (Wildman–Crippen LogP) is 8.10. The summed E-state index contributed by atoms with van der Waals surface area (Å²) in [5.74, 6) is 1.68. The second kappa shape index (κ2) is 11.7. The molecule has 2 aliphatic heterocycles. The molecule has 3 unspecified atom stereocenters. The molecule has 0 aromatic rings.